The van der Waals surface area contributed by atoms with Crippen LogP contribution in [0.1, 0.15) is 59.1 Å². The first kappa shape index (κ1) is 35.7. The Balaban J connectivity index is 1.85. The predicted octanol–water partition coefficient (Wildman–Crippen LogP) is 4.47. The highest BCUT2D eigenvalue weighted by atomic mass is 35.5. The molecule has 0 radical (unpaired) electrons. The number of epoxide rings is 1. The van der Waals surface area contributed by atoms with Crippen molar-refractivity contribution in [3.63, 3.8) is 0 Å². The number of carbonyl (C=O) groups excluding carboxylic acids is 3. The maximum atomic E-state index is 13.9. The van der Waals surface area contributed by atoms with Crippen molar-refractivity contribution in [1.82, 2.24) is 5.32 Å². The van der Waals surface area contributed by atoms with Gasteiger partial charge in [0.05, 0.1) is 31.2 Å². The molecule has 1 unspecified atom stereocenters. The number of esters is 1. The van der Waals surface area contributed by atoms with Gasteiger partial charge in [-0.3, -0.25) is 14.9 Å². The minimum atomic E-state index is -1.81. The van der Waals surface area contributed by atoms with Crippen LogP contribution in [0.15, 0.2) is 35.9 Å². The fourth-order valence-corrected chi connectivity index (χ4v) is 6.49. The number of nitrogens with one attached hydrogen (secondary N) is 1. The second-order valence-electron chi connectivity index (χ2n) is 12.6. The van der Waals surface area contributed by atoms with E-state index in [4.69, 9.17) is 40.0 Å². The molecular formula is C33H45ClN2O10. The van der Waals surface area contributed by atoms with Gasteiger partial charge >= 0.3 is 12.1 Å². The van der Waals surface area contributed by atoms with Crippen molar-refractivity contribution in [2.24, 2.45) is 11.8 Å². The quantitative estimate of drug-likeness (QED) is 0.342. The number of hydrogen-bond donors (Lipinski definition) is 2. The largest absolute Gasteiger partial charge is 0.495 e. The smallest absolute Gasteiger partial charge is 0.409 e. The lowest BCUT2D eigenvalue weighted by Gasteiger charge is -2.42. The maximum Gasteiger partial charge on any atom is 0.409 e. The second-order valence-corrected chi connectivity index (χ2v) is 13.0. The Morgan fingerprint density at radius 2 is 1.89 bits per heavy atom. The Kier molecular flexibility index (Phi) is 10.8. The SMILES string of the molecule is COc1cc2cc(c1Cl)N(C)C(=O)C[C@H](OC(=O)C(C)C)[C@]1(C)O[C@H]1[C@H](C)[C@@H]1C[C@@](O)(NC(=O)O1)[C@H](OC)/C=C/C=C(\C)C2OC. The number of allylic oxidation sites excluding steroid dienone is 2. The van der Waals surface area contributed by atoms with Crippen LogP contribution in [0, 0.1) is 11.8 Å². The molecule has 3 aliphatic heterocycles. The van der Waals surface area contributed by atoms with Gasteiger partial charge in [0.25, 0.3) is 0 Å². The summed E-state index contributed by atoms with van der Waals surface area (Å²) < 4.78 is 34.7. The summed E-state index contributed by atoms with van der Waals surface area (Å²) in [6, 6.07) is 3.48. The molecule has 4 bridgehead atoms. The molecule has 0 saturated carbocycles. The van der Waals surface area contributed by atoms with Crippen molar-refractivity contribution in [3.8, 4) is 5.75 Å². The lowest BCUT2D eigenvalue weighted by Crippen LogP contribution is -2.63. The van der Waals surface area contributed by atoms with Crippen molar-refractivity contribution in [3.05, 3.63) is 46.5 Å². The molecule has 13 heteroatoms. The molecule has 1 aromatic rings. The summed E-state index contributed by atoms with van der Waals surface area (Å²) >= 11 is 6.73. The number of rotatable bonds is 5. The van der Waals surface area contributed by atoms with Crippen LogP contribution >= 0.6 is 11.6 Å². The van der Waals surface area contributed by atoms with Gasteiger partial charge in [-0.1, -0.05) is 50.6 Å². The monoisotopic (exact) mass is 664 g/mol. The molecule has 2 amide bonds. The average Bonchev–Trinajstić information content (AvgIpc) is 3.70. The first-order valence-electron chi connectivity index (χ1n) is 15.2. The van der Waals surface area contributed by atoms with E-state index in [0.29, 0.717) is 17.0 Å². The third-order valence-electron chi connectivity index (χ3n) is 9.09. The third-order valence-corrected chi connectivity index (χ3v) is 9.47. The highest BCUT2D eigenvalue weighted by Crippen LogP contribution is 2.49. The number of nitrogens with zero attached hydrogens (tertiary/aromatic N) is 1. The van der Waals surface area contributed by atoms with E-state index in [0.717, 1.165) is 5.57 Å². The van der Waals surface area contributed by atoms with Gasteiger partial charge in [-0.05, 0) is 37.1 Å². The van der Waals surface area contributed by atoms with Gasteiger partial charge in [0.15, 0.2) is 5.72 Å². The fraction of sp³-hybridized carbons (Fsp3) is 0.606. The number of benzene rings is 1. The lowest BCUT2D eigenvalue weighted by atomic mass is 9.83. The van der Waals surface area contributed by atoms with E-state index in [2.05, 4.69) is 5.32 Å². The zero-order chi connectivity index (χ0) is 34.1. The van der Waals surface area contributed by atoms with Crippen LogP contribution < -0.4 is 15.0 Å². The Hall–Kier alpha value is -3.16. The number of methoxy groups -OCH3 is 3. The molecule has 2 N–H and O–H groups in total. The molecular weight excluding hydrogens is 620 g/mol. The van der Waals surface area contributed by atoms with Gasteiger partial charge in [-0.2, -0.15) is 0 Å². The molecule has 1 aromatic carbocycles. The summed E-state index contributed by atoms with van der Waals surface area (Å²) in [5.74, 6) is -1.46. The summed E-state index contributed by atoms with van der Waals surface area (Å²) in [6.07, 6.45) is 0.210. The zero-order valence-electron chi connectivity index (χ0n) is 27.8. The molecule has 8 atom stereocenters. The molecule has 4 rings (SSSR count). The molecule has 3 heterocycles. The van der Waals surface area contributed by atoms with Crippen molar-refractivity contribution in [2.45, 2.75) is 89.3 Å². The number of carbonyl (C=O) groups is 3. The summed E-state index contributed by atoms with van der Waals surface area (Å²) in [7, 11) is 6.05. The standard InChI is InChI=1S/C33H45ClN2O10/c1-17(2)30(38)45-25-15-26(37)36(6)21-13-20(14-22(41-7)27(21)34)28(43-9)18(3)11-10-12-24(42-8)33(40)16-23(44-31(39)35-33)19(4)29-32(25,5)46-29/h10-14,17,19,23-25,28-29,40H,15-16H2,1-9H3,(H,35,39)/b12-10+,18-11+/t19-,23+,24-,25+,28?,29+,32+,33+/m1/s1. The van der Waals surface area contributed by atoms with Crippen molar-refractivity contribution in [1.29, 1.82) is 0 Å². The maximum absolute atomic E-state index is 13.9. The Bertz CT molecular complexity index is 1400. The molecule has 0 spiro atoms. The van der Waals surface area contributed by atoms with E-state index in [1.807, 2.05) is 13.8 Å². The van der Waals surface area contributed by atoms with Crippen molar-refractivity contribution >= 4 is 35.3 Å². The molecule has 254 valence electrons. The average molecular weight is 665 g/mol. The summed E-state index contributed by atoms with van der Waals surface area (Å²) in [4.78, 5) is 40.9. The molecule has 0 aliphatic carbocycles. The number of halogens is 1. The van der Waals surface area contributed by atoms with Crippen LogP contribution in [0.3, 0.4) is 0 Å². The lowest BCUT2D eigenvalue weighted by molar-refractivity contribution is -0.157. The van der Waals surface area contributed by atoms with Crippen molar-refractivity contribution in [2.75, 3.05) is 33.3 Å². The first-order valence-corrected chi connectivity index (χ1v) is 15.6. The van der Waals surface area contributed by atoms with Crippen LogP contribution in [-0.2, 0) is 33.3 Å². The molecule has 2 saturated heterocycles. The van der Waals surface area contributed by atoms with Crippen LogP contribution in [0.25, 0.3) is 0 Å². The van der Waals surface area contributed by atoms with Crippen LogP contribution in [-0.4, -0.2) is 87.2 Å². The number of fused-ring (bicyclic) bond motifs is 5. The molecule has 2 fully saturated rings. The number of amides is 2. The summed E-state index contributed by atoms with van der Waals surface area (Å²) in [5, 5.41) is 14.4. The number of alkyl carbamates (subject to hydrolysis) is 1. The van der Waals surface area contributed by atoms with Crippen LogP contribution in [0.5, 0.6) is 5.75 Å². The number of hydrogen-bond acceptors (Lipinski definition) is 10. The van der Waals surface area contributed by atoms with E-state index >= 15 is 0 Å². The van der Waals surface area contributed by atoms with Gasteiger partial charge in [0.1, 0.15) is 40.8 Å². The Morgan fingerprint density at radius 3 is 2.50 bits per heavy atom. The second kappa shape index (κ2) is 13.9. The van der Waals surface area contributed by atoms with Gasteiger partial charge in [0.2, 0.25) is 5.91 Å². The predicted molar refractivity (Wildman–Crippen MR) is 170 cm³/mol. The highest BCUT2D eigenvalue weighted by Gasteiger charge is 2.64. The molecule has 0 aromatic heterocycles. The zero-order valence-corrected chi connectivity index (χ0v) is 28.5. The minimum absolute atomic E-state index is 0.0235. The number of anilines is 1. The molecule has 3 aliphatic rings. The van der Waals surface area contributed by atoms with Gasteiger partial charge in [0, 0.05) is 33.6 Å². The van der Waals surface area contributed by atoms with E-state index in [9.17, 15) is 19.5 Å². The molecule has 46 heavy (non-hydrogen) atoms. The molecule has 12 nitrogen and oxygen atoms in total. The third kappa shape index (κ3) is 7.06. The van der Waals surface area contributed by atoms with E-state index in [-0.39, 0.29) is 17.9 Å². The first-order chi connectivity index (χ1) is 21.6. The Labute approximate surface area is 274 Å². The number of aliphatic hydroxyl groups is 1. The van der Waals surface area contributed by atoms with Gasteiger partial charge < -0.3 is 38.4 Å². The van der Waals surface area contributed by atoms with Gasteiger partial charge in [-0.25, -0.2) is 4.79 Å². The van der Waals surface area contributed by atoms with Crippen LogP contribution in [0.2, 0.25) is 5.02 Å². The Morgan fingerprint density at radius 1 is 1.20 bits per heavy atom. The summed E-state index contributed by atoms with van der Waals surface area (Å²) in [5.41, 5.74) is -1.09. The van der Waals surface area contributed by atoms with Gasteiger partial charge in [-0.15, -0.1) is 0 Å². The van der Waals surface area contributed by atoms with E-state index in [1.165, 1.54) is 19.1 Å². The fourth-order valence-electron chi connectivity index (χ4n) is 6.18. The van der Waals surface area contributed by atoms with Crippen LogP contribution in [0.4, 0.5) is 10.5 Å². The number of ether oxygens (including phenoxy) is 6. The van der Waals surface area contributed by atoms with E-state index in [1.54, 1.807) is 65.3 Å². The van der Waals surface area contributed by atoms with E-state index < -0.39 is 71.7 Å². The normalized spacial score (nSPS) is 35.3. The summed E-state index contributed by atoms with van der Waals surface area (Å²) in [6.45, 7) is 8.84. The van der Waals surface area contributed by atoms with Crippen molar-refractivity contribution < 1.29 is 47.9 Å². The minimum Gasteiger partial charge on any atom is -0.495 e. The topological polar surface area (TPSA) is 145 Å². The highest BCUT2D eigenvalue weighted by molar-refractivity contribution is 6.35.